The van der Waals surface area contributed by atoms with Crippen molar-refractivity contribution in [3.63, 3.8) is 0 Å². The molecule has 0 heterocycles. The molecule has 178 valence electrons. The molecule has 0 amide bonds. The number of ether oxygens (including phenoxy) is 1. The number of hydrogen-bond donors (Lipinski definition) is 2. The van der Waals surface area contributed by atoms with Crippen LogP contribution < -0.4 is 0 Å². The highest BCUT2D eigenvalue weighted by atomic mass is 19.1. The summed E-state index contributed by atoms with van der Waals surface area (Å²) < 4.78 is 18.0. The molecule has 5 heteroatoms. The first-order valence-corrected chi connectivity index (χ1v) is 12.2. The van der Waals surface area contributed by atoms with Gasteiger partial charge in [-0.2, -0.15) is 0 Å². The highest BCUT2D eigenvalue weighted by molar-refractivity contribution is 5.69. The van der Waals surface area contributed by atoms with Crippen molar-refractivity contribution < 1.29 is 24.1 Å². The summed E-state index contributed by atoms with van der Waals surface area (Å²) in [4.78, 5) is 11.4. The van der Waals surface area contributed by atoms with Gasteiger partial charge in [0, 0.05) is 17.9 Å². The van der Waals surface area contributed by atoms with Crippen LogP contribution in [0, 0.1) is 35.4 Å². The van der Waals surface area contributed by atoms with E-state index in [-0.39, 0.29) is 29.5 Å². The topological polar surface area (TPSA) is 66.8 Å². The minimum absolute atomic E-state index is 0.103. The Morgan fingerprint density at radius 2 is 1.72 bits per heavy atom. The Morgan fingerprint density at radius 3 is 2.38 bits per heavy atom. The molecule has 0 spiro atoms. The number of aliphatic hydroxyl groups is 2. The van der Waals surface area contributed by atoms with Crippen molar-refractivity contribution >= 4 is 5.97 Å². The Kier molecular flexibility index (Phi) is 11.8. The van der Waals surface area contributed by atoms with Gasteiger partial charge in [0.15, 0.2) is 0 Å². The van der Waals surface area contributed by atoms with Crippen LogP contribution in [-0.4, -0.2) is 35.0 Å². The summed E-state index contributed by atoms with van der Waals surface area (Å²) >= 11 is 0. The van der Waals surface area contributed by atoms with E-state index in [2.05, 4.69) is 18.8 Å². The van der Waals surface area contributed by atoms with Crippen molar-refractivity contribution in [1.29, 1.82) is 0 Å². The molecule has 32 heavy (non-hydrogen) atoms. The third-order valence-electron chi connectivity index (χ3n) is 6.60. The number of benzene rings is 1. The molecule has 2 rings (SSSR count). The quantitative estimate of drug-likeness (QED) is 0.262. The lowest BCUT2D eigenvalue weighted by molar-refractivity contribution is -0.143. The monoisotopic (exact) mass is 446 g/mol. The molecule has 1 saturated carbocycles. The molecule has 1 aliphatic rings. The fourth-order valence-electron chi connectivity index (χ4n) is 4.71. The largest absolute Gasteiger partial charge is 0.466 e. The summed E-state index contributed by atoms with van der Waals surface area (Å²) in [5.74, 6) is 6.49. The lowest BCUT2D eigenvalue weighted by Gasteiger charge is -2.24. The van der Waals surface area contributed by atoms with Gasteiger partial charge in [-0.1, -0.05) is 38.0 Å². The molecule has 0 bridgehead atoms. The third kappa shape index (κ3) is 8.92. The number of unbranched alkanes of at least 4 members (excludes halogenated alkanes) is 3. The van der Waals surface area contributed by atoms with Gasteiger partial charge in [0.1, 0.15) is 5.82 Å². The lowest BCUT2D eigenvalue weighted by Crippen LogP contribution is -2.23. The van der Waals surface area contributed by atoms with E-state index >= 15 is 0 Å². The SMILES string of the molecule is CCOC(=O)CCCCCC[C@@H]1[C@@H](CCC(C#Cc2ccc(F)cc2)CC)[C@H](O)C[C@@H]1O. The highest BCUT2D eigenvalue weighted by Crippen LogP contribution is 2.39. The van der Waals surface area contributed by atoms with Crippen LogP contribution in [0.15, 0.2) is 24.3 Å². The smallest absolute Gasteiger partial charge is 0.305 e. The molecule has 1 aromatic rings. The van der Waals surface area contributed by atoms with Crippen LogP contribution in [0.3, 0.4) is 0 Å². The molecule has 5 atom stereocenters. The van der Waals surface area contributed by atoms with Gasteiger partial charge in [0.25, 0.3) is 0 Å². The zero-order valence-electron chi connectivity index (χ0n) is 19.6. The molecule has 1 aliphatic carbocycles. The van der Waals surface area contributed by atoms with Gasteiger partial charge in [0.2, 0.25) is 0 Å². The van der Waals surface area contributed by atoms with Gasteiger partial charge in [-0.05, 0) is 81.5 Å². The first-order chi connectivity index (χ1) is 15.4. The fourth-order valence-corrected chi connectivity index (χ4v) is 4.71. The van der Waals surface area contributed by atoms with E-state index < -0.39 is 12.2 Å². The highest BCUT2D eigenvalue weighted by Gasteiger charge is 2.40. The van der Waals surface area contributed by atoms with Gasteiger partial charge in [-0.15, -0.1) is 0 Å². The molecular formula is C27H39FO4. The van der Waals surface area contributed by atoms with E-state index in [9.17, 15) is 19.4 Å². The minimum Gasteiger partial charge on any atom is -0.466 e. The summed E-state index contributed by atoms with van der Waals surface area (Å²) in [5, 5.41) is 21.0. The molecule has 4 nitrogen and oxygen atoms in total. The van der Waals surface area contributed by atoms with Crippen LogP contribution in [0.4, 0.5) is 4.39 Å². The number of halogens is 1. The second kappa shape index (κ2) is 14.3. The fraction of sp³-hybridized carbons (Fsp3) is 0.667. The number of aliphatic hydroxyl groups excluding tert-OH is 2. The average Bonchev–Trinajstić information content (AvgIpc) is 3.04. The maximum atomic E-state index is 13.0. The summed E-state index contributed by atoms with van der Waals surface area (Å²) in [7, 11) is 0. The van der Waals surface area contributed by atoms with E-state index in [1.807, 2.05) is 6.92 Å². The van der Waals surface area contributed by atoms with Crippen molar-refractivity contribution in [2.45, 2.75) is 90.3 Å². The predicted octanol–water partition coefficient (Wildman–Crippen LogP) is 5.25. The van der Waals surface area contributed by atoms with Crippen LogP contribution in [0.2, 0.25) is 0 Å². The van der Waals surface area contributed by atoms with Gasteiger partial charge >= 0.3 is 5.97 Å². The molecular weight excluding hydrogens is 407 g/mol. The van der Waals surface area contributed by atoms with Gasteiger partial charge in [-0.25, -0.2) is 4.39 Å². The average molecular weight is 447 g/mol. The number of rotatable bonds is 12. The number of esters is 1. The lowest BCUT2D eigenvalue weighted by atomic mass is 9.83. The number of hydrogen-bond acceptors (Lipinski definition) is 4. The van der Waals surface area contributed by atoms with Crippen molar-refractivity contribution in [2.24, 2.45) is 17.8 Å². The Hall–Kier alpha value is -1.90. The second-order valence-electron chi connectivity index (χ2n) is 8.91. The van der Waals surface area contributed by atoms with E-state index in [4.69, 9.17) is 4.74 Å². The summed E-state index contributed by atoms with van der Waals surface area (Å²) in [6.07, 6.45) is 7.41. The van der Waals surface area contributed by atoms with Gasteiger partial charge in [0.05, 0.1) is 18.8 Å². The standard InChI is InChI=1S/C27H39FO4/c1-3-20(11-12-21-13-16-22(28)17-14-21)15-18-24-23(25(29)19-26(24)30)9-7-5-6-8-10-27(31)32-4-2/h13-14,16-17,20,23-26,29-30H,3-10,15,18-19H2,1-2H3/t20?,23-,24-,25+,26-/m1/s1. The van der Waals surface area contributed by atoms with Crippen molar-refractivity contribution in [2.75, 3.05) is 6.61 Å². The minimum atomic E-state index is -0.457. The second-order valence-corrected chi connectivity index (χ2v) is 8.91. The molecule has 0 radical (unpaired) electrons. The van der Waals surface area contributed by atoms with Crippen molar-refractivity contribution in [3.05, 3.63) is 35.6 Å². The van der Waals surface area contributed by atoms with Crippen molar-refractivity contribution in [1.82, 2.24) is 0 Å². The summed E-state index contributed by atoms with van der Waals surface area (Å²) in [5.41, 5.74) is 0.807. The van der Waals surface area contributed by atoms with E-state index in [0.29, 0.717) is 19.4 Å². The molecule has 0 saturated heterocycles. The van der Waals surface area contributed by atoms with E-state index in [1.54, 1.807) is 12.1 Å². The van der Waals surface area contributed by atoms with Crippen LogP contribution in [0.25, 0.3) is 0 Å². The normalized spacial score (nSPS) is 23.4. The molecule has 0 aliphatic heterocycles. The first kappa shape index (κ1) is 26.4. The Bertz CT molecular complexity index is 736. The maximum absolute atomic E-state index is 13.0. The molecule has 1 aromatic carbocycles. The van der Waals surface area contributed by atoms with Crippen LogP contribution in [0.5, 0.6) is 0 Å². The van der Waals surface area contributed by atoms with Gasteiger partial charge in [-0.3, -0.25) is 4.79 Å². The number of carbonyl (C=O) groups excluding carboxylic acids is 1. The molecule has 0 aromatic heterocycles. The molecule has 2 N–H and O–H groups in total. The Balaban J connectivity index is 1.78. The van der Waals surface area contributed by atoms with Crippen molar-refractivity contribution in [3.8, 4) is 11.8 Å². The third-order valence-corrected chi connectivity index (χ3v) is 6.60. The predicted molar refractivity (Wildman–Crippen MR) is 124 cm³/mol. The van der Waals surface area contributed by atoms with Crippen LogP contribution in [-0.2, 0) is 9.53 Å². The van der Waals surface area contributed by atoms with E-state index in [1.165, 1.54) is 12.1 Å². The van der Waals surface area contributed by atoms with Crippen LogP contribution in [0.1, 0.15) is 83.6 Å². The van der Waals surface area contributed by atoms with Gasteiger partial charge < -0.3 is 14.9 Å². The number of carbonyl (C=O) groups is 1. The summed E-state index contributed by atoms with van der Waals surface area (Å²) in [6, 6.07) is 6.22. The zero-order chi connectivity index (χ0) is 23.3. The van der Waals surface area contributed by atoms with E-state index in [0.717, 1.165) is 56.9 Å². The Morgan fingerprint density at radius 1 is 1.06 bits per heavy atom. The Labute approximate surface area is 192 Å². The van der Waals surface area contributed by atoms with Crippen LogP contribution >= 0.6 is 0 Å². The maximum Gasteiger partial charge on any atom is 0.305 e. The molecule has 1 unspecified atom stereocenters. The zero-order valence-corrected chi connectivity index (χ0v) is 19.6. The first-order valence-electron chi connectivity index (χ1n) is 12.2. The summed E-state index contributed by atoms with van der Waals surface area (Å²) in [6.45, 7) is 4.35. The molecule has 1 fully saturated rings.